The first-order valence-electron chi connectivity index (χ1n) is 5.94. The van der Waals surface area contributed by atoms with Crippen molar-refractivity contribution in [3.8, 4) is 0 Å². The van der Waals surface area contributed by atoms with E-state index < -0.39 is 0 Å². The SMILES string of the molecule is COC(=O)[C@@H]1C[C@@H]2CCON2[C@H]1C(C)(C)C. The van der Waals surface area contributed by atoms with E-state index in [0.29, 0.717) is 6.04 Å². The molecule has 2 aliphatic heterocycles. The number of hydroxylamine groups is 2. The average molecular weight is 227 g/mol. The van der Waals surface area contributed by atoms with Crippen molar-refractivity contribution in [2.45, 2.75) is 45.7 Å². The third-order valence-electron chi connectivity index (χ3n) is 3.62. The molecule has 0 saturated carbocycles. The van der Waals surface area contributed by atoms with Crippen LogP contribution in [-0.4, -0.2) is 36.8 Å². The molecule has 2 rings (SSSR count). The number of nitrogens with zero attached hydrogens (tertiary/aromatic N) is 1. The number of carbonyl (C=O) groups is 1. The van der Waals surface area contributed by atoms with Crippen molar-refractivity contribution in [2.24, 2.45) is 11.3 Å². The maximum atomic E-state index is 11.8. The van der Waals surface area contributed by atoms with E-state index in [1.807, 2.05) is 5.06 Å². The first-order chi connectivity index (χ1) is 7.45. The Hall–Kier alpha value is -0.610. The van der Waals surface area contributed by atoms with Crippen LogP contribution in [0.5, 0.6) is 0 Å². The van der Waals surface area contributed by atoms with E-state index in [2.05, 4.69) is 20.8 Å². The Morgan fingerprint density at radius 3 is 2.69 bits per heavy atom. The third-order valence-corrected chi connectivity index (χ3v) is 3.62. The second kappa shape index (κ2) is 4.00. The molecule has 0 bridgehead atoms. The highest BCUT2D eigenvalue weighted by atomic mass is 16.7. The van der Waals surface area contributed by atoms with Crippen LogP contribution < -0.4 is 0 Å². The molecule has 0 aromatic rings. The first kappa shape index (κ1) is 11.9. The number of methoxy groups -OCH3 is 1. The molecule has 0 aliphatic carbocycles. The van der Waals surface area contributed by atoms with Gasteiger partial charge in [0.2, 0.25) is 0 Å². The van der Waals surface area contributed by atoms with Crippen molar-refractivity contribution in [2.75, 3.05) is 13.7 Å². The van der Waals surface area contributed by atoms with Crippen LogP contribution in [0.15, 0.2) is 0 Å². The molecule has 2 aliphatic rings. The molecule has 3 atom stereocenters. The summed E-state index contributed by atoms with van der Waals surface area (Å²) < 4.78 is 4.90. The molecule has 4 nitrogen and oxygen atoms in total. The lowest BCUT2D eigenvalue weighted by Crippen LogP contribution is -2.45. The van der Waals surface area contributed by atoms with Crippen molar-refractivity contribution in [3.05, 3.63) is 0 Å². The van der Waals surface area contributed by atoms with Crippen LogP contribution in [0, 0.1) is 11.3 Å². The lowest BCUT2D eigenvalue weighted by Gasteiger charge is -2.35. The normalized spacial score (nSPS) is 35.1. The van der Waals surface area contributed by atoms with Gasteiger partial charge in [0, 0.05) is 6.04 Å². The second-order valence-corrected chi connectivity index (χ2v) is 5.81. The van der Waals surface area contributed by atoms with Crippen LogP contribution in [0.1, 0.15) is 33.6 Å². The van der Waals surface area contributed by atoms with Gasteiger partial charge in [-0.05, 0) is 18.3 Å². The smallest absolute Gasteiger partial charge is 0.310 e. The first-order valence-corrected chi connectivity index (χ1v) is 5.94. The molecule has 16 heavy (non-hydrogen) atoms. The minimum absolute atomic E-state index is 0.0257. The summed E-state index contributed by atoms with van der Waals surface area (Å²) in [5.41, 5.74) is 0.0257. The summed E-state index contributed by atoms with van der Waals surface area (Å²) in [5.74, 6) is -0.145. The fourth-order valence-corrected chi connectivity index (χ4v) is 3.02. The average Bonchev–Trinajstić information content (AvgIpc) is 2.72. The zero-order chi connectivity index (χ0) is 11.9. The Morgan fingerprint density at radius 1 is 1.44 bits per heavy atom. The molecule has 0 aromatic carbocycles. The standard InChI is InChI=1S/C12H21NO3/c1-12(2,3)10-9(11(14)15-4)7-8-5-6-16-13(8)10/h8-10H,5-7H2,1-4H3/t8-,9+,10+/m0/s1. The molecule has 0 aromatic heterocycles. The highest BCUT2D eigenvalue weighted by molar-refractivity contribution is 5.73. The monoisotopic (exact) mass is 227 g/mol. The van der Waals surface area contributed by atoms with Gasteiger partial charge in [-0.15, -0.1) is 0 Å². The summed E-state index contributed by atoms with van der Waals surface area (Å²) in [6.45, 7) is 7.23. The number of hydrogen-bond acceptors (Lipinski definition) is 4. The molecular weight excluding hydrogens is 206 g/mol. The Morgan fingerprint density at radius 2 is 2.12 bits per heavy atom. The van der Waals surface area contributed by atoms with Crippen LogP contribution in [0.25, 0.3) is 0 Å². The van der Waals surface area contributed by atoms with E-state index >= 15 is 0 Å². The predicted octanol–water partition coefficient (Wildman–Crippen LogP) is 1.60. The predicted molar refractivity (Wildman–Crippen MR) is 59.6 cm³/mol. The Bertz CT molecular complexity index is 284. The molecule has 92 valence electrons. The van der Waals surface area contributed by atoms with Gasteiger partial charge < -0.3 is 4.74 Å². The van der Waals surface area contributed by atoms with Gasteiger partial charge in [0.1, 0.15) is 0 Å². The number of ether oxygens (including phenoxy) is 1. The summed E-state index contributed by atoms with van der Waals surface area (Å²) >= 11 is 0. The molecule has 2 heterocycles. The van der Waals surface area contributed by atoms with E-state index in [-0.39, 0.29) is 23.3 Å². The van der Waals surface area contributed by atoms with Gasteiger partial charge in [-0.25, -0.2) is 0 Å². The number of fused-ring (bicyclic) bond motifs is 1. The lowest BCUT2D eigenvalue weighted by molar-refractivity contribution is -0.178. The molecule has 0 spiro atoms. The van der Waals surface area contributed by atoms with Gasteiger partial charge in [0.05, 0.1) is 25.7 Å². The summed E-state index contributed by atoms with van der Waals surface area (Å²) in [6, 6.07) is 0.528. The Labute approximate surface area is 96.8 Å². The van der Waals surface area contributed by atoms with Gasteiger partial charge in [0.15, 0.2) is 0 Å². The zero-order valence-corrected chi connectivity index (χ0v) is 10.5. The zero-order valence-electron chi connectivity index (χ0n) is 10.5. The van der Waals surface area contributed by atoms with Crippen molar-refractivity contribution in [1.29, 1.82) is 0 Å². The van der Waals surface area contributed by atoms with Gasteiger partial charge >= 0.3 is 5.97 Å². The van der Waals surface area contributed by atoms with E-state index in [1.165, 1.54) is 7.11 Å². The third kappa shape index (κ3) is 1.84. The van der Waals surface area contributed by atoms with Crippen molar-refractivity contribution in [1.82, 2.24) is 5.06 Å². The van der Waals surface area contributed by atoms with E-state index in [0.717, 1.165) is 19.4 Å². The number of hydrogen-bond donors (Lipinski definition) is 0. The van der Waals surface area contributed by atoms with E-state index in [1.54, 1.807) is 0 Å². The second-order valence-electron chi connectivity index (χ2n) is 5.81. The molecule has 0 unspecified atom stereocenters. The highest BCUT2D eigenvalue weighted by Gasteiger charge is 2.52. The van der Waals surface area contributed by atoms with Crippen LogP contribution >= 0.6 is 0 Å². The van der Waals surface area contributed by atoms with Gasteiger partial charge in [-0.3, -0.25) is 9.63 Å². The van der Waals surface area contributed by atoms with E-state index in [9.17, 15) is 4.79 Å². The topological polar surface area (TPSA) is 38.8 Å². The van der Waals surface area contributed by atoms with Crippen LogP contribution in [0.3, 0.4) is 0 Å². The van der Waals surface area contributed by atoms with Crippen molar-refractivity contribution < 1.29 is 14.4 Å². The number of carbonyl (C=O) groups excluding carboxylic acids is 1. The van der Waals surface area contributed by atoms with Gasteiger partial charge in [0.25, 0.3) is 0 Å². The molecule has 0 amide bonds. The Kier molecular flexibility index (Phi) is 2.97. The molecule has 2 fully saturated rings. The van der Waals surface area contributed by atoms with Crippen LogP contribution in [-0.2, 0) is 14.4 Å². The summed E-state index contributed by atoms with van der Waals surface area (Å²) in [5, 5.41) is 2.04. The molecule has 4 heteroatoms. The lowest BCUT2D eigenvalue weighted by atomic mass is 9.79. The van der Waals surface area contributed by atoms with Gasteiger partial charge in [-0.1, -0.05) is 20.8 Å². The largest absolute Gasteiger partial charge is 0.469 e. The number of esters is 1. The maximum absolute atomic E-state index is 11.8. The molecule has 2 saturated heterocycles. The summed E-state index contributed by atoms with van der Waals surface area (Å²) in [7, 11) is 1.46. The maximum Gasteiger partial charge on any atom is 0.310 e. The van der Waals surface area contributed by atoms with Crippen LogP contribution in [0.4, 0.5) is 0 Å². The van der Waals surface area contributed by atoms with Crippen LogP contribution in [0.2, 0.25) is 0 Å². The summed E-state index contributed by atoms with van der Waals surface area (Å²) in [4.78, 5) is 17.5. The summed E-state index contributed by atoms with van der Waals surface area (Å²) in [6.07, 6.45) is 1.90. The number of rotatable bonds is 1. The minimum atomic E-state index is -0.0991. The van der Waals surface area contributed by atoms with E-state index in [4.69, 9.17) is 9.57 Å². The highest BCUT2D eigenvalue weighted by Crippen LogP contribution is 2.43. The van der Waals surface area contributed by atoms with Crippen molar-refractivity contribution >= 4 is 5.97 Å². The molecule has 0 radical (unpaired) electrons. The molecular formula is C12H21NO3. The minimum Gasteiger partial charge on any atom is -0.469 e. The van der Waals surface area contributed by atoms with Gasteiger partial charge in [-0.2, -0.15) is 5.06 Å². The van der Waals surface area contributed by atoms with Crippen molar-refractivity contribution in [3.63, 3.8) is 0 Å². The Balaban J connectivity index is 2.23. The fourth-order valence-electron chi connectivity index (χ4n) is 3.02. The molecule has 0 N–H and O–H groups in total. The quantitative estimate of drug-likeness (QED) is 0.638. The fraction of sp³-hybridized carbons (Fsp3) is 0.917.